The van der Waals surface area contributed by atoms with E-state index in [0.29, 0.717) is 4.34 Å². The fourth-order valence-corrected chi connectivity index (χ4v) is 4.35. The Labute approximate surface area is 114 Å². The molecule has 2 nitrogen and oxygen atoms in total. The Balaban J connectivity index is 2.25. The summed E-state index contributed by atoms with van der Waals surface area (Å²) >= 11 is 11.1. The van der Waals surface area contributed by atoms with Crippen LogP contribution in [0.1, 0.15) is 12.8 Å². The normalized spacial score (nSPS) is 11.3. The van der Waals surface area contributed by atoms with E-state index in [0.717, 1.165) is 26.8 Å². The number of rotatable bonds is 4. The number of hydrogen-bond donors (Lipinski definition) is 0. The molecule has 15 heavy (non-hydrogen) atoms. The van der Waals surface area contributed by atoms with Crippen LogP contribution in [0.5, 0.6) is 0 Å². The van der Waals surface area contributed by atoms with Crippen LogP contribution in [-0.2, 0) is 6.54 Å². The predicted molar refractivity (Wildman–Crippen MR) is 77.1 cm³/mol. The zero-order valence-corrected chi connectivity index (χ0v) is 12.4. The quantitative estimate of drug-likeness (QED) is 0.451. The fourth-order valence-electron chi connectivity index (χ4n) is 1.33. The van der Waals surface area contributed by atoms with Crippen LogP contribution in [0.2, 0.25) is 4.34 Å². The van der Waals surface area contributed by atoms with Gasteiger partial charge in [0.05, 0.1) is 9.04 Å². The third-order valence-electron chi connectivity index (χ3n) is 2.04. The maximum atomic E-state index is 11.9. The maximum absolute atomic E-state index is 11.9. The highest BCUT2D eigenvalue weighted by Crippen LogP contribution is 2.30. The Bertz CT molecular complexity index is 516. The third-order valence-corrected chi connectivity index (χ3v) is 5.27. The number of halogens is 2. The molecule has 0 saturated heterocycles. The van der Waals surface area contributed by atoms with E-state index < -0.39 is 0 Å². The van der Waals surface area contributed by atoms with Gasteiger partial charge in [-0.1, -0.05) is 45.7 Å². The molecule has 2 aromatic rings. The first kappa shape index (κ1) is 11.9. The lowest BCUT2D eigenvalue weighted by Crippen LogP contribution is -2.12. The molecule has 0 aromatic carbocycles. The lowest BCUT2D eigenvalue weighted by atomic mass is 10.3. The van der Waals surface area contributed by atoms with Gasteiger partial charge in [0, 0.05) is 6.54 Å². The Kier molecular flexibility index (Phi) is 4.09. The van der Waals surface area contributed by atoms with Crippen LogP contribution in [0.15, 0.2) is 10.9 Å². The largest absolute Gasteiger partial charge is 0.278 e. The van der Waals surface area contributed by atoms with Gasteiger partial charge in [-0.05, 0) is 23.3 Å². The van der Waals surface area contributed by atoms with Crippen LogP contribution >= 0.6 is 57.1 Å². The number of unbranched alkanes of at least 4 members (excludes halogenated alkanes) is 1. The zero-order chi connectivity index (χ0) is 10.8. The molecule has 82 valence electrons. The van der Waals surface area contributed by atoms with Crippen molar-refractivity contribution >= 4 is 66.5 Å². The Morgan fingerprint density at radius 2 is 2.27 bits per heavy atom. The van der Waals surface area contributed by atoms with E-state index in [4.69, 9.17) is 11.6 Å². The van der Waals surface area contributed by atoms with Gasteiger partial charge in [-0.25, -0.2) is 0 Å². The van der Waals surface area contributed by atoms with Gasteiger partial charge >= 0.3 is 0 Å². The molecule has 2 heterocycles. The average molecular weight is 374 g/mol. The molecular weight excluding hydrogens is 365 g/mol. The van der Waals surface area contributed by atoms with Crippen molar-refractivity contribution in [3.63, 3.8) is 0 Å². The predicted octanol–water partition coefficient (Wildman–Crippen LogP) is 3.99. The summed E-state index contributed by atoms with van der Waals surface area (Å²) in [6, 6.07) is 1.88. The van der Waals surface area contributed by atoms with Crippen molar-refractivity contribution < 1.29 is 0 Å². The molecule has 0 N–H and O–H groups in total. The van der Waals surface area contributed by atoms with Gasteiger partial charge in [0.1, 0.15) is 4.70 Å². The second-order valence-corrected chi connectivity index (χ2v) is 6.96. The first-order valence-electron chi connectivity index (χ1n) is 4.57. The zero-order valence-electron chi connectivity index (χ0n) is 7.83. The lowest BCUT2D eigenvalue weighted by Gasteiger charge is -1.97. The molecule has 2 aromatic heterocycles. The minimum Gasteiger partial charge on any atom is -0.267 e. The summed E-state index contributed by atoms with van der Waals surface area (Å²) in [6.45, 7) is 0.839. The van der Waals surface area contributed by atoms with Crippen molar-refractivity contribution in [2.45, 2.75) is 19.4 Å². The summed E-state index contributed by atoms with van der Waals surface area (Å²) in [6.07, 6.45) is 2.24. The van der Waals surface area contributed by atoms with Gasteiger partial charge in [0.25, 0.3) is 5.56 Å². The number of aryl methyl sites for hydroxylation is 1. The van der Waals surface area contributed by atoms with Crippen molar-refractivity contribution in [3.8, 4) is 0 Å². The Morgan fingerprint density at radius 3 is 2.93 bits per heavy atom. The van der Waals surface area contributed by atoms with Crippen LogP contribution < -0.4 is 5.56 Å². The van der Waals surface area contributed by atoms with Gasteiger partial charge < -0.3 is 0 Å². The van der Waals surface area contributed by atoms with Crippen molar-refractivity contribution in [1.29, 1.82) is 0 Å². The first-order chi connectivity index (χ1) is 7.22. The topological polar surface area (TPSA) is 22.0 Å². The summed E-state index contributed by atoms with van der Waals surface area (Å²) in [7, 11) is 0. The van der Waals surface area contributed by atoms with Gasteiger partial charge in [-0.3, -0.25) is 8.75 Å². The number of nitrogens with zero attached hydrogens (tertiary/aromatic N) is 1. The second kappa shape index (κ2) is 5.16. The SMILES string of the molecule is O=c1c2sc(Cl)cc2sn1CCCCI. The van der Waals surface area contributed by atoms with Gasteiger partial charge in [0.2, 0.25) is 0 Å². The molecule has 0 aliphatic rings. The van der Waals surface area contributed by atoms with E-state index in [2.05, 4.69) is 22.6 Å². The highest BCUT2D eigenvalue weighted by atomic mass is 127. The number of aromatic nitrogens is 1. The second-order valence-electron chi connectivity index (χ2n) is 3.14. The summed E-state index contributed by atoms with van der Waals surface area (Å²) in [4.78, 5) is 11.9. The molecule has 0 amide bonds. The van der Waals surface area contributed by atoms with Crippen molar-refractivity contribution in [2.75, 3.05) is 4.43 Å². The van der Waals surface area contributed by atoms with E-state index >= 15 is 0 Å². The van der Waals surface area contributed by atoms with Crippen LogP contribution in [0.3, 0.4) is 0 Å². The van der Waals surface area contributed by atoms with Crippen LogP contribution in [0.4, 0.5) is 0 Å². The van der Waals surface area contributed by atoms with E-state index in [1.165, 1.54) is 29.3 Å². The molecule has 0 fully saturated rings. The first-order valence-corrected chi connectivity index (χ1v) is 8.07. The van der Waals surface area contributed by atoms with Crippen molar-refractivity contribution in [3.05, 3.63) is 20.8 Å². The maximum Gasteiger partial charge on any atom is 0.278 e. The summed E-state index contributed by atoms with van der Waals surface area (Å²) in [5, 5.41) is 0. The smallest absolute Gasteiger partial charge is 0.267 e. The van der Waals surface area contributed by atoms with E-state index in [1.54, 1.807) is 0 Å². The van der Waals surface area contributed by atoms with Crippen molar-refractivity contribution in [2.24, 2.45) is 0 Å². The number of fused-ring (bicyclic) bond motifs is 1. The molecule has 0 radical (unpaired) electrons. The number of alkyl halides is 1. The van der Waals surface area contributed by atoms with Crippen molar-refractivity contribution in [1.82, 2.24) is 3.96 Å². The third kappa shape index (κ3) is 2.57. The molecule has 0 unspecified atom stereocenters. The molecule has 0 spiro atoms. The Morgan fingerprint density at radius 1 is 1.47 bits per heavy atom. The molecule has 0 saturated carbocycles. The van der Waals surface area contributed by atoms with E-state index in [1.807, 2.05) is 10.0 Å². The van der Waals surface area contributed by atoms with Gasteiger partial charge in [0.15, 0.2) is 0 Å². The van der Waals surface area contributed by atoms with E-state index in [-0.39, 0.29) is 5.56 Å². The molecule has 2 rings (SSSR count). The van der Waals surface area contributed by atoms with Crippen LogP contribution in [0.25, 0.3) is 9.40 Å². The number of hydrogen-bond acceptors (Lipinski definition) is 3. The summed E-state index contributed by atoms with van der Waals surface area (Å²) in [5.74, 6) is 0. The lowest BCUT2D eigenvalue weighted by molar-refractivity contribution is 0.667. The number of thiophene rings is 1. The standard InChI is InChI=1S/C9H9ClINOS2/c10-7-5-6-8(14-7)9(13)12(15-6)4-2-1-3-11/h5H,1-4H2. The summed E-state index contributed by atoms with van der Waals surface area (Å²) < 4.78 is 5.51. The van der Waals surface area contributed by atoms with E-state index in [9.17, 15) is 4.79 Å². The minimum absolute atomic E-state index is 0.125. The average Bonchev–Trinajstić information content (AvgIpc) is 2.68. The highest BCUT2D eigenvalue weighted by molar-refractivity contribution is 14.1. The fraction of sp³-hybridized carbons (Fsp3) is 0.444. The molecule has 6 heteroatoms. The van der Waals surface area contributed by atoms with Gasteiger partial charge in [-0.2, -0.15) is 0 Å². The Hall–Kier alpha value is 0.410. The van der Waals surface area contributed by atoms with Crippen LogP contribution in [0, 0.1) is 0 Å². The molecule has 0 aliphatic heterocycles. The van der Waals surface area contributed by atoms with Crippen LogP contribution in [-0.4, -0.2) is 8.38 Å². The monoisotopic (exact) mass is 373 g/mol. The molecule has 0 atom stereocenters. The highest BCUT2D eigenvalue weighted by Gasteiger charge is 2.10. The van der Waals surface area contributed by atoms with Gasteiger partial charge in [-0.15, -0.1) is 11.3 Å². The molecular formula is C9H9ClINOS2. The molecule has 0 bridgehead atoms. The minimum atomic E-state index is 0.125. The molecule has 0 aliphatic carbocycles. The summed E-state index contributed by atoms with van der Waals surface area (Å²) in [5.41, 5.74) is 0.125.